The molecule has 5 nitrogen and oxygen atoms in total. The zero-order valence-electron chi connectivity index (χ0n) is 17.7. The smallest absolute Gasteiger partial charge is 0.337 e. The van der Waals surface area contributed by atoms with Crippen molar-refractivity contribution in [3.8, 4) is 0 Å². The molecule has 0 bridgehead atoms. The van der Waals surface area contributed by atoms with Crippen LogP contribution in [-0.4, -0.2) is 29.0 Å². The van der Waals surface area contributed by atoms with Gasteiger partial charge in [0.15, 0.2) is 5.76 Å². The van der Waals surface area contributed by atoms with E-state index in [2.05, 4.69) is 0 Å². The van der Waals surface area contributed by atoms with Crippen molar-refractivity contribution < 1.29 is 23.8 Å². The number of hydrogen-bond acceptors (Lipinski definition) is 4. The minimum Gasteiger partial charge on any atom is -0.503 e. The van der Waals surface area contributed by atoms with E-state index in [1.165, 1.54) is 19.2 Å². The average molecular weight is 431 g/mol. The van der Waals surface area contributed by atoms with Crippen LogP contribution in [0.1, 0.15) is 38.7 Å². The fourth-order valence-corrected chi connectivity index (χ4v) is 3.90. The van der Waals surface area contributed by atoms with Crippen LogP contribution in [0.15, 0.2) is 78.6 Å². The van der Waals surface area contributed by atoms with Crippen molar-refractivity contribution in [2.45, 2.75) is 19.5 Å². The van der Waals surface area contributed by atoms with Crippen LogP contribution in [0.2, 0.25) is 0 Å². The van der Waals surface area contributed by atoms with Crippen LogP contribution < -0.4 is 0 Å². The van der Waals surface area contributed by atoms with Gasteiger partial charge in [0.25, 0.3) is 5.91 Å². The van der Waals surface area contributed by atoms with E-state index in [1.54, 1.807) is 41.3 Å². The van der Waals surface area contributed by atoms with Gasteiger partial charge in [0.05, 0.1) is 18.7 Å². The Morgan fingerprint density at radius 1 is 1.00 bits per heavy atom. The number of benzene rings is 3. The summed E-state index contributed by atoms with van der Waals surface area (Å²) in [5, 5.41) is 10.8. The third-order valence-corrected chi connectivity index (χ3v) is 5.58. The molecule has 1 atom stereocenters. The Kier molecular flexibility index (Phi) is 5.77. The van der Waals surface area contributed by atoms with E-state index >= 15 is 0 Å². The molecule has 32 heavy (non-hydrogen) atoms. The van der Waals surface area contributed by atoms with Crippen molar-refractivity contribution in [3.05, 3.63) is 112 Å². The molecule has 1 amide bonds. The van der Waals surface area contributed by atoms with E-state index in [4.69, 9.17) is 4.74 Å². The monoisotopic (exact) mass is 431 g/mol. The maximum atomic E-state index is 13.4. The van der Waals surface area contributed by atoms with Crippen molar-refractivity contribution >= 4 is 17.4 Å². The number of halogens is 1. The first-order chi connectivity index (χ1) is 15.4. The third kappa shape index (κ3) is 3.99. The van der Waals surface area contributed by atoms with Crippen LogP contribution in [0.25, 0.3) is 5.57 Å². The lowest BCUT2D eigenvalue weighted by molar-refractivity contribution is -0.130. The van der Waals surface area contributed by atoms with Gasteiger partial charge < -0.3 is 14.7 Å². The number of esters is 1. The molecule has 4 rings (SSSR count). The molecule has 1 aliphatic rings. The molecule has 0 aliphatic carbocycles. The predicted molar refractivity (Wildman–Crippen MR) is 118 cm³/mol. The maximum absolute atomic E-state index is 13.4. The molecule has 0 saturated heterocycles. The van der Waals surface area contributed by atoms with Crippen molar-refractivity contribution in [3.63, 3.8) is 0 Å². The lowest BCUT2D eigenvalue weighted by Crippen LogP contribution is -2.29. The van der Waals surface area contributed by atoms with Gasteiger partial charge in [-0.25, -0.2) is 9.18 Å². The Bertz CT molecular complexity index is 1180. The zero-order valence-corrected chi connectivity index (χ0v) is 17.7. The van der Waals surface area contributed by atoms with Crippen molar-refractivity contribution in [1.82, 2.24) is 4.90 Å². The summed E-state index contributed by atoms with van der Waals surface area (Å²) < 4.78 is 18.1. The number of carbonyl (C=O) groups is 2. The first-order valence-electron chi connectivity index (χ1n) is 10.1. The summed E-state index contributed by atoms with van der Waals surface area (Å²) in [6.45, 7) is 2.14. The summed E-state index contributed by atoms with van der Waals surface area (Å²) in [5.74, 6) is -1.65. The average Bonchev–Trinajstić information content (AvgIpc) is 3.05. The highest BCUT2D eigenvalue weighted by Gasteiger charge is 2.41. The molecule has 0 radical (unpaired) electrons. The highest BCUT2D eigenvalue weighted by molar-refractivity contribution is 6.05. The van der Waals surface area contributed by atoms with E-state index in [1.807, 2.05) is 31.2 Å². The number of methoxy groups -OCH3 is 1. The zero-order chi connectivity index (χ0) is 22.8. The molecule has 1 unspecified atom stereocenters. The number of rotatable bonds is 5. The summed E-state index contributed by atoms with van der Waals surface area (Å²) >= 11 is 0. The van der Waals surface area contributed by atoms with E-state index in [9.17, 15) is 19.1 Å². The van der Waals surface area contributed by atoms with Gasteiger partial charge in [0.2, 0.25) is 0 Å². The Hall–Kier alpha value is -3.93. The molecular formula is C26H22FNO4. The van der Waals surface area contributed by atoms with Gasteiger partial charge in [0.1, 0.15) is 5.82 Å². The molecule has 0 aromatic heterocycles. The molecule has 1 aliphatic heterocycles. The molecule has 6 heteroatoms. The van der Waals surface area contributed by atoms with Gasteiger partial charge in [0, 0.05) is 12.1 Å². The SMILES string of the molecule is COC(=O)c1ccc(C2C(c3ccc(C)cc3)=C(O)C(=O)N2Cc2ccc(F)cc2)cc1. The second kappa shape index (κ2) is 8.67. The van der Waals surface area contributed by atoms with Gasteiger partial charge in [-0.2, -0.15) is 0 Å². The number of hydrogen-bond donors (Lipinski definition) is 1. The first kappa shape index (κ1) is 21.3. The van der Waals surface area contributed by atoms with Gasteiger partial charge >= 0.3 is 5.97 Å². The number of ether oxygens (including phenoxy) is 1. The molecular weight excluding hydrogens is 409 g/mol. The number of aliphatic hydroxyl groups excluding tert-OH is 1. The Morgan fingerprint density at radius 2 is 1.62 bits per heavy atom. The molecule has 0 spiro atoms. The summed E-state index contributed by atoms with van der Waals surface area (Å²) in [6, 6.07) is 19.6. The van der Waals surface area contributed by atoms with Crippen LogP contribution in [0.4, 0.5) is 4.39 Å². The molecule has 162 valence electrons. The van der Waals surface area contributed by atoms with Gasteiger partial charge in [-0.3, -0.25) is 4.79 Å². The number of aliphatic hydroxyl groups is 1. The lowest BCUT2D eigenvalue weighted by atomic mass is 9.92. The number of nitrogens with zero attached hydrogens (tertiary/aromatic N) is 1. The molecule has 1 heterocycles. The van der Waals surface area contributed by atoms with Crippen molar-refractivity contribution in [2.24, 2.45) is 0 Å². The maximum Gasteiger partial charge on any atom is 0.337 e. The summed E-state index contributed by atoms with van der Waals surface area (Å²) in [4.78, 5) is 26.5. The summed E-state index contributed by atoms with van der Waals surface area (Å²) in [7, 11) is 1.31. The van der Waals surface area contributed by atoms with Crippen LogP contribution in [0.3, 0.4) is 0 Å². The summed E-state index contributed by atoms with van der Waals surface area (Å²) in [6.07, 6.45) is 0. The number of amides is 1. The second-order valence-electron chi connectivity index (χ2n) is 7.70. The Labute approximate surface area is 185 Å². The number of carbonyl (C=O) groups excluding carboxylic acids is 2. The standard InChI is InChI=1S/C26H22FNO4/c1-16-3-7-18(8-4-16)22-23(19-9-11-20(12-10-19)26(31)32-2)28(25(30)24(22)29)15-17-5-13-21(27)14-6-17/h3-14,23,29H,15H2,1-2H3. The lowest BCUT2D eigenvalue weighted by Gasteiger charge is -2.27. The minimum atomic E-state index is -0.582. The first-order valence-corrected chi connectivity index (χ1v) is 10.1. The topological polar surface area (TPSA) is 66.8 Å². The number of aryl methyl sites for hydroxylation is 1. The van der Waals surface area contributed by atoms with E-state index in [0.29, 0.717) is 11.1 Å². The molecule has 3 aromatic rings. The molecule has 1 N–H and O–H groups in total. The third-order valence-electron chi connectivity index (χ3n) is 5.58. The van der Waals surface area contributed by atoms with Crippen LogP contribution in [-0.2, 0) is 16.1 Å². The molecule has 0 fully saturated rings. The Morgan fingerprint density at radius 3 is 2.22 bits per heavy atom. The van der Waals surface area contributed by atoms with Crippen LogP contribution in [0, 0.1) is 12.7 Å². The fourth-order valence-electron chi connectivity index (χ4n) is 3.90. The minimum absolute atomic E-state index is 0.182. The normalized spacial score (nSPS) is 15.9. The second-order valence-corrected chi connectivity index (χ2v) is 7.70. The van der Waals surface area contributed by atoms with E-state index in [-0.39, 0.29) is 18.1 Å². The summed E-state index contributed by atoms with van der Waals surface area (Å²) in [5.41, 5.74) is 4.12. The highest BCUT2D eigenvalue weighted by atomic mass is 19.1. The molecule has 3 aromatic carbocycles. The van der Waals surface area contributed by atoms with Gasteiger partial charge in [-0.1, -0.05) is 54.1 Å². The van der Waals surface area contributed by atoms with Crippen molar-refractivity contribution in [2.75, 3.05) is 7.11 Å². The largest absolute Gasteiger partial charge is 0.503 e. The quantitative estimate of drug-likeness (QED) is 0.579. The van der Waals surface area contributed by atoms with Gasteiger partial charge in [-0.15, -0.1) is 0 Å². The molecule has 0 saturated carbocycles. The van der Waals surface area contributed by atoms with Crippen LogP contribution in [0.5, 0.6) is 0 Å². The van der Waals surface area contributed by atoms with Crippen LogP contribution >= 0.6 is 0 Å². The predicted octanol–water partition coefficient (Wildman–Crippen LogP) is 4.97. The van der Waals surface area contributed by atoms with E-state index < -0.39 is 17.9 Å². The fraction of sp³-hybridized carbons (Fsp3) is 0.154. The Balaban J connectivity index is 1.79. The van der Waals surface area contributed by atoms with Crippen molar-refractivity contribution in [1.29, 1.82) is 0 Å². The van der Waals surface area contributed by atoms with E-state index in [0.717, 1.165) is 22.3 Å². The highest BCUT2D eigenvalue weighted by Crippen LogP contribution is 2.43. The van der Waals surface area contributed by atoms with Gasteiger partial charge in [-0.05, 0) is 47.9 Å².